The second kappa shape index (κ2) is 8.80. The lowest BCUT2D eigenvalue weighted by molar-refractivity contribution is -0.131. The third-order valence-corrected chi connectivity index (χ3v) is 7.15. The van der Waals surface area contributed by atoms with Crippen LogP contribution in [0.3, 0.4) is 0 Å². The second-order valence-corrected chi connectivity index (χ2v) is 9.60. The molecule has 2 N–H and O–H groups in total. The van der Waals surface area contributed by atoms with E-state index < -0.39 is 11.5 Å². The van der Waals surface area contributed by atoms with Gasteiger partial charge in [-0.15, -0.1) is 0 Å². The number of carbonyl (C=O) groups is 2. The van der Waals surface area contributed by atoms with Crippen LogP contribution in [0.15, 0.2) is 54.2 Å². The highest BCUT2D eigenvalue weighted by Gasteiger charge is 2.66. The first-order valence-electron chi connectivity index (χ1n) is 11.3. The van der Waals surface area contributed by atoms with Crippen LogP contribution in [0, 0.1) is 12.3 Å². The van der Waals surface area contributed by atoms with E-state index in [1.54, 1.807) is 19.0 Å². The number of amides is 2. The van der Waals surface area contributed by atoms with E-state index >= 15 is 0 Å². The lowest BCUT2D eigenvalue weighted by Crippen LogP contribution is -2.50. The highest BCUT2D eigenvalue weighted by atomic mass is 35.5. The molecule has 168 valence electrons. The number of carbonyl (C=O) groups excluding carboxylic acids is 2. The zero-order valence-corrected chi connectivity index (χ0v) is 19.7. The fraction of sp³-hybridized carbons (Fsp3) is 0.423. The highest BCUT2D eigenvalue weighted by molar-refractivity contribution is 6.31. The predicted molar refractivity (Wildman–Crippen MR) is 129 cm³/mol. The summed E-state index contributed by atoms with van der Waals surface area (Å²) in [6.07, 6.45) is 11.8. The zero-order valence-electron chi connectivity index (χ0n) is 19.0. The van der Waals surface area contributed by atoms with Crippen molar-refractivity contribution in [1.29, 1.82) is 0 Å². The highest BCUT2D eigenvalue weighted by Crippen LogP contribution is 2.55. The summed E-state index contributed by atoms with van der Waals surface area (Å²) >= 11 is 6.26. The first-order valence-corrected chi connectivity index (χ1v) is 11.7. The van der Waals surface area contributed by atoms with E-state index in [0.29, 0.717) is 5.02 Å². The van der Waals surface area contributed by atoms with Crippen molar-refractivity contribution in [3.05, 3.63) is 71.2 Å². The number of nitrogens with zero attached hydrogens (tertiary/aromatic N) is 1. The predicted octanol–water partition coefficient (Wildman–Crippen LogP) is 4.41. The summed E-state index contributed by atoms with van der Waals surface area (Å²) in [7, 11) is 3.52. The monoisotopic (exact) mass is 452 g/mol. The molecule has 1 aliphatic carbocycles. The summed E-state index contributed by atoms with van der Waals surface area (Å²) in [5, 5.41) is 7.28. The molecule has 1 aromatic carbocycles. The van der Waals surface area contributed by atoms with Gasteiger partial charge >= 0.3 is 0 Å². The van der Waals surface area contributed by atoms with Crippen molar-refractivity contribution in [3.63, 3.8) is 0 Å². The molecule has 1 aromatic rings. The van der Waals surface area contributed by atoms with Crippen LogP contribution in [0.5, 0.6) is 0 Å². The van der Waals surface area contributed by atoms with E-state index in [2.05, 4.69) is 24.1 Å². The van der Waals surface area contributed by atoms with Crippen LogP contribution in [-0.4, -0.2) is 42.9 Å². The molecule has 6 heteroatoms. The van der Waals surface area contributed by atoms with Crippen LogP contribution in [0.25, 0.3) is 0 Å². The van der Waals surface area contributed by atoms with Gasteiger partial charge in [-0.1, -0.05) is 43.9 Å². The Morgan fingerprint density at radius 1 is 1.31 bits per heavy atom. The molecule has 2 amide bonds. The third-order valence-electron chi connectivity index (χ3n) is 6.92. The van der Waals surface area contributed by atoms with Gasteiger partial charge in [0.25, 0.3) is 0 Å². The number of hydrogen-bond donors (Lipinski definition) is 2. The molecule has 0 radical (unpaired) electrons. The number of unbranched alkanes of at least 4 members (excludes halogenated alkanes) is 2. The largest absolute Gasteiger partial charge is 0.347 e. The number of allylic oxidation sites excluding steroid dienone is 4. The molecule has 5 nitrogen and oxygen atoms in total. The molecule has 2 heterocycles. The van der Waals surface area contributed by atoms with Crippen molar-refractivity contribution in [2.24, 2.45) is 5.92 Å². The van der Waals surface area contributed by atoms with E-state index in [9.17, 15) is 9.59 Å². The summed E-state index contributed by atoms with van der Waals surface area (Å²) in [6.45, 7) is 6.26. The van der Waals surface area contributed by atoms with Crippen LogP contribution in [0.4, 0.5) is 5.69 Å². The summed E-state index contributed by atoms with van der Waals surface area (Å²) in [5.74, 6) is -0.470. The average molecular weight is 453 g/mol. The molecule has 1 spiro atoms. The van der Waals surface area contributed by atoms with Gasteiger partial charge in [0.15, 0.2) is 0 Å². The second-order valence-electron chi connectivity index (χ2n) is 9.16. The van der Waals surface area contributed by atoms with Gasteiger partial charge in [-0.25, -0.2) is 0 Å². The fourth-order valence-electron chi connectivity index (χ4n) is 5.55. The van der Waals surface area contributed by atoms with Crippen molar-refractivity contribution in [2.75, 3.05) is 19.4 Å². The Balaban J connectivity index is 1.93. The summed E-state index contributed by atoms with van der Waals surface area (Å²) in [5.41, 5.74) is 2.55. The van der Waals surface area contributed by atoms with Gasteiger partial charge < -0.3 is 15.5 Å². The van der Waals surface area contributed by atoms with E-state index in [0.717, 1.165) is 48.1 Å². The summed E-state index contributed by atoms with van der Waals surface area (Å²) < 4.78 is 0. The standard InChI is InChI=1S/C26H30ClN3O2/c1-5-6-7-11-21-26(19-13-12-18(27)15-20(19)28-25(26)32)22(17-10-8-9-16(2)14-17)23(29-21)24(31)30(3)4/h8-10,12-15,21-23,29H,2,5-7,11H2,1,3-4H3/p+1/t21-,22+,23-,26+/m1/s1. The molecule has 1 fully saturated rings. The zero-order chi connectivity index (χ0) is 23.0. The molecule has 3 aliphatic rings. The topological polar surface area (TPSA) is 61.4 Å². The van der Waals surface area contributed by atoms with Gasteiger partial charge in [-0.2, -0.15) is 0 Å². The lowest BCUT2D eigenvalue weighted by Gasteiger charge is -2.35. The summed E-state index contributed by atoms with van der Waals surface area (Å²) in [6, 6.07) is 4.90. The lowest BCUT2D eigenvalue weighted by atomic mass is 9.63. The molecule has 1 saturated heterocycles. The minimum absolute atomic E-state index is 0.0305. The van der Waals surface area contributed by atoms with Gasteiger partial charge in [0, 0.05) is 67.0 Å². The number of fused-ring (bicyclic) bond motifs is 2. The Morgan fingerprint density at radius 3 is 2.78 bits per heavy atom. The number of rotatable bonds is 6. The fourth-order valence-corrected chi connectivity index (χ4v) is 5.72. The van der Waals surface area contributed by atoms with Crippen LogP contribution in [-0.2, 0) is 15.0 Å². The Kier molecular flexibility index (Phi) is 6.24. The van der Waals surface area contributed by atoms with Crippen molar-refractivity contribution in [1.82, 2.24) is 10.2 Å². The van der Waals surface area contributed by atoms with Gasteiger partial charge in [0.05, 0.1) is 11.6 Å². The van der Waals surface area contributed by atoms with E-state index in [1.165, 1.54) is 0 Å². The third kappa shape index (κ3) is 3.57. The summed E-state index contributed by atoms with van der Waals surface area (Å²) in [4.78, 5) is 28.9. The Morgan fingerprint density at radius 2 is 2.09 bits per heavy atom. The Bertz CT molecular complexity index is 1010. The smallest absolute Gasteiger partial charge is 0.239 e. The molecule has 32 heavy (non-hydrogen) atoms. The Hall–Kier alpha value is -2.50. The number of anilines is 1. The molecule has 2 aliphatic heterocycles. The van der Waals surface area contributed by atoms with Crippen molar-refractivity contribution >= 4 is 29.1 Å². The molecule has 4 atom stereocenters. The molecule has 0 saturated carbocycles. The first-order chi connectivity index (χ1) is 15.3. The minimum Gasteiger partial charge on any atom is -0.347 e. The molecule has 4 rings (SSSR count). The van der Waals surface area contributed by atoms with Crippen LogP contribution < -0.4 is 10.6 Å². The van der Waals surface area contributed by atoms with Crippen LogP contribution >= 0.6 is 11.6 Å². The van der Waals surface area contributed by atoms with E-state index in [4.69, 9.17) is 11.6 Å². The quantitative estimate of drug-likeness (QED) is 0.496. The number of benzene rings is 1. The SMILES string of the molecule is C=C1C=C([C@H]2[C@H](C(=O)N(C)C)N[C@H](CCCCC)[C@]23C(=O)Nc2cc(Cl)ccc23)C=C[CH+]1. The van der Waals surface area contributed by atoms with Crippen molar-refractivity contribution in [3.8, 4) is 0 Å². The number of halogens is 1. The van der Waals surface area contributed by atoms with Crippen molar-refractivity contribution < 1.29 is 9.59 Å². The maximum atomic E-state index is 13.9. The van der Waals surface area contributed by atoms with Gasteiger partial charge in [0.1, 0.15) is 5.41 Å². The normalized spacial score (nSPS) is 28.4. The average Bonchev–Trinajstić information content (AvgIpc) is 3.23. The molecule has 0 unspecified atom stereocenters. The maximum Gasteiger partial charge on any atom is 0.239 e. The van der Waals surface area contributed by atoms with Crippen LogP contribution in [0.1, 0.15) is 38.2 Å². The number of nitrogens with one attached hydrogen (secondary N) is 2. The van der Waals surface area contributed by atoms with Gasteiger partial charge in [-0.3, -0.25) is 9.59 Å². The molecule has 0 bridgehead atoms. The van der Waals surface area contributed by atoms with Gasteiger partial charge in [0.2, 0.25) is 11.8 Å². The van der Waals surface area contributed by atoms with E-state index in [-0.39, 0.29) is 23.8 Å². The number of hydrogen-bond acceptors (Lipinski definition) is 3. The first kappa shape index (κ1) is 22.7. The van der Waals surface area contributed by atoms with E-state index in [1.807, 2.05) is 42.8 Å². The van der Waals surface area contributed by atoms with Gasteiger partial charge in [-0.05, 0) is 30.7 Å². The molecular formula is C26H31ClN3O2+. The van der Waals surface area contributed by atoms with Crippen LogP contribution in [0.2, 0.25) is 5.02 Å². The number of likely N-dealkylation sites (N-methyl/N-ethyl adjacent to an activating group) is 1. The van der Waals surface area contributed by atoms with Crippen molar-refractivity contribution in [2.45, 2.75) is 50.1 Å². The Labute approximate surface area is 195 Å². The molecule has 0 aromatic heterocycles. The minimum atomic E-state index is -0.905. The maximum absolute atomic E-state index is 13.9. The molecular weight excluding hydrogens is 422 g/mol.